The van der Waals surface area contributed by atoms with Crippen LogP contribution >= 0.6 is 0 Å². The van der Waals surface area contributed by atoms with Gasteiger partial charge in [-0.25, -0.2) is 4.79 Å². The summed E-state index contributed by atoms with van der Waals surface area (Å²) in [6, 6.07) is 6.82. The molecule has 5 N–H and O–H groups in total. The molecule has 3 amide bonds. The van der Waals surface area contributed by atoms with E-state index in [0.717, 1.165) is 12.0 Å². The number of carbonyl (C=O) groups is 2. The number of nitrogens with one attached hydrogen (secondary N) is 3. The summed E-state index contributed by atoms with van der Waals surface area (Å²) in [5, 5.41) is 8.56. The zero-order chi connectivity index (χ0) is 15.8. The van der Waals surface area contributed by atoms with Crippen molar-refractivity contribution in [1.82, 2.24) is 10.6 Å². The van der Waals surface area contributed by atoms with Crippen molar-refractivity contribution in [2.75, 3.05) is 11.9 Å². The molecule has 116 valence electrons. The summed E-state index contributed by atoms with van der Waals surface area (Å²) in [4.78, 5) is 22.5. The zero-order valence-electron chi connectivity index (χ0n) is 12.8. The Kier molecular flexibility index (Phi) is 6.68. The molecule has 0 heterocycles. The average molecular weight is 292 g/mol. The van der Waals surface area contributed by atoms with Crippen molar-refractivity contribution in [2.24, 2.45) is 5.73 Å². The maximum atomic E-state index is 11.8. The van der Waals surface area contributed by atoms with Gasteiger partial charge in [-0.15, -0.1) is 0 Å². The number of hydrogen-bond donors (Lipinski definition) is 4. The van der Waals surface area contributed by atoms with Gasteiger partial charge in [0.25, 0.3) is 0 Å². The molecule has 6 nitrogen and oxygen atoms in total. The Labute approximate surface area is 125 Å². The van der Waals surface area contributed by atoms with Crippen LogP contribution in [0.1, 0.15) is 38.8 Å². The third kappa shape index (κ3) is 6.27. The number of nitrogens with two attached hydrogens (primary N) is 1. The van der Waals surface area contributed by atoms with Gasteiger partial charge in [-0.2, -0.15) is 0 Å². The normalized spacial score (nSPS) is 13.3. The van der Waals surface area contributed by atoms with Gasteiger partial charge >= 0.3 is 6.03 Å². The molecule has 2 unspecified atom stereocenters. The first-order chi connectivity index (χ1) is 9.92. The number of rotatable bonds is 7. The molecule has 6 heteroatoms. The molecule has 1 aromatic carbocycles. The summed E-state index contributed by atoms with van der Waals surface area (Å²) in [7, 11) is 0. The minimum Gasteiger partial charge on any atom is -0.351 e. The van der Waals surface area contributed by atoms with Crippen molar-refractivity contribution in [2.45, 2.75) is 39.3 Å². The molecule has 0 bridgehead atoms. The highest BCUT2D eigenvalue weighted by Gasteiger charge is 2.10. The monoisotopic (exact) mass is 292 g/mol. The second-order valence-corrected chi connectivity index (χ2v) is 5.09. The summed E-state index contributed by atoms with van der Waals surface area (Å²) in [5.41, 5.74) is 6.63. The third-order valence-corrected chi connectivity index (χ3v) is 3.28. The van der Waals surface area contributed by atoms with E-state index in [9.17, 15) is 9.59 Å². The van der Waals surface area contributed by atoms with E-state index in [-0.39, 0.29) is 11.9 Å². The molecule has 2 atom stereocenters. The van der Waals surface area contributed by atoms with Gasteiger partial charge in [0.1, 0.15) is 0 Å². The van der Waals surface area contributed by atoms with Gasteiger partial charge in [-0.1, -0.05) is 19.1 Å². The number of primary amides is 1. The van der Waals surface area contributed by atoms with E-state index in [4.69, 9.17) is 5.73 Å². The molecule has 0 saturated heterocycles. The van der Waals surface area contributed by atoms with Crippen LogP contribution in [0.2, 0.25) is 0 Å². The van der Waals surface area contributed by atoms with E-state index < -0.39 is 6.03 Å². The maximum Gasteiger partial charge on any atom is 0.316 e. The molecule has 21 heavy (non-hydrogen) atoms. The number of urea groups is 1. The van der Waals surface area contributed by atoms with Gasteiger partial charge in [-0.3, -0.25) is 4.79 Å². The number of benzene rings is 1. The van der Waals surface area contributed by atoms with Crippen molar-refractivity contribution in [3.63, 3.8) is 0 Å². The van der Waals surface area contributed by atoms with Crippen LogP contribution in [0.4, 0.5) is 10.5 Å². The molecule has 0 aromatic heterocycles. The van der Waals surface area contributed by atoms with Crippen LogP contribution in [0.5, 0.6) is 0 Å². The van der Waals surface area contributed by atoms with Crippen LogP contribution in [0.3, 0.4) is 0 Å². The number of amides is 3. The van der Waals surface area contributed by atoms with Gasteiger partial charge in [0.2, 0.25) is 5.91 Å². The molecule has 0 spiro atoms. The van der Waals surface area contributed by atoms with Crippen molar-refractivity contribution < 1.29 is 9.59 Å². The predicted molar refractivity (Wildman–Crippen MR) is 84.0 cm³/mol. The molecule has 1 rings (SSSR count). The fourth-order valence-electron chi connectivity index (χ4n) is 1.78. The first kappa shape index (κ1) is 17.0. The van der Waals surface area contributed by atoms with Crippen LogP contribution in [0.15, 0.2) is 24.3 Å². The highest BCUT2D eigenvalue weighted by molar-refractivity contribution is 5.87. The highest BCUT2D eigenvalue weighted by atomic mass is 16.2. The molecular weight excluding hydrogens is 268 g/mol. The molecule has 0 fully saturated rings. The lowest BCUT2D eigenvalue weighted by Crippen LogP contribution is -2.38. The minimum atomic E-state index is -0.597. The summed E-state index contributed by atoms with van der Waals surface area (Å²) in [6.45, 7) is 6.33. The fourth-order valence-corrected chi connectivity index (χ4v) is 1.78. The smallest absolute Gasteiger partial charge is 0.316 e. The molecule has 0 aliphatic carbocycles. The Morgan fingerprint density at radius 3 is 2.33 bits per heavy atom. The summed E-state index contributed by atoms with van der Waals surface area (Å²) in [5.74, 6) is -0.0397. The maximum absolute atomic E-state index is 11.8. The van der Waals surface area contributed by atoms with E-state index in [2.05, 4.69) is 22.9 Å². The van der Waals surface area contributed by atoms with Crippen molar-refractivity contribution >= 4 is 17.6 Å². The largest absolute Gasteiger partial charge is 0.351 e. The number of anilines is 1. The topological polar surface area (TPSA) is 96.2 Å². The Balaban J connectivity index is 2.49. The Hall–Kier alpha value is -2.08. The second kappa shape index (κ2) is 8.26. The lowest BCUT2D eigenvalue weighted by Gasteiger charge is -2.16. The van der Waals surface area contributed by atoms with Crippen molar-refractivity contribution in [1.29, 1.82) is 0 Å². The summed E-state index contributed by atoms with van der Waals surface area (Å²) < 4.78 is 0. The quantitative estimate of drug-likeness (QED) is 0.616. The lowest BCUT2D eigenvalue weighted by atomic mass is 10.1. The molecule has 0 aliphatic rings. The first-order valence-electron chi connectivity index (χ1n) is 7.11. The van der Waals surface area contributed by atoms with E-state index >= 15 is 0 Å². The van der Waals surface area contributed by atoms with Crippen LogP contribution in [-0.4, -0.2) is 24.5 Å². The summed E-state index contributed by atoms with van der Waals surface area (Å²) >= 11 is 0. The van der Waals surface area contributed by atoms with Crippen molar-refractivity contribution in [3.8, 4) is 0 Å². The van der Waals surface area contributed by atoms with Gasteiger partial charge in [0.15, 0.2) is 0 Å². The van der Waals surface area contributed by atoms with Crippen LogP contribution in [0.25, 0.3) is 0 Å². The van der Waals surface area contributed by atoms with Gasteiger partial charge in [-0.05, 0) is 38.0 Å². The zero-order valence-corrected chi connectivity index (χ0v) is 12.8. The predicted octanol–water partition coefficient (Wildman–Crippen LogP) is 1.74. The van der Waals surface area contributed by atoms with E-state index in [1.54, 1.807) is 12.1 Å². The van der Waals surface area contributed by atoms with E-state index in [1.165, 1.54) is 0 Å². The molecular formula is C15H24N4O2. The van der Waals surface area contributed by atoms with Crippen LogP contribution in [-0.2, 0) is 4.79 Å². The van der Waals surface area contributed by atoms with Gasteiger partial charge in [0.05, 0.1) is 12.6 Å². The molecule has 0 aliphatic heterocycles. The summed E-state index contributed by atoms with van der Waals surface area (Å²) in [6.07, 6.45) is 0.983. The standard InChI is InChI=1S/C15H24N4O2/c1-4-10(2)17-9-14(20)18-11(3)12-5-7-13(8-6-12)19-15(16)21/h5-8,10-11,17H,4,9H2,1-3H3,(H,18,20)(H3,16,19,21). The van der Waals surface area contributed by atoms with Gasteiger partial charge < -0.3 is 21.7 Å². The second-order valence-electron chi connectivity index (χ2n) is 5.09. The SMILES string of the molecule is CCC(C)NCC(=O)NC(C)c1ccc(NC(N)=O)cc1. The fraction of sp³-hybridized carbons (Fsp3) is 0.467. The third-order valence-electron chi connectivity index (χ3n) is 3.28. The highest BCUT2D eigenvalue weighted by Crippen LogP contribution is 2.15. The Morgan fingerprint density at radius 1 is 1.19 bits per heavy atom. The molecule has 0 radical (unpaired) electrons. The Morgan fingerprint density at radius 2 is 1.81 bits per heavy atom. The average Bonchev–Trinajstić information content (AvgIpc) is 2.44. The molecule has 0 saturated carbocycles. The molecule has 1 aromatic rings. The van der Waals surface area contributed by atoms with Crippen LogP contribution < -0.4 is 21.7 Å². The van der Waals surface area contributed by atoms with Gasteiger partial charge in [0, 0.05) is 11.7 Å². The van der Waals surface area contributed by atoms with E-state index in [1.807, 2.05) is 26.0 Å². The Bertz CT molecular complexity index is 473. The number of carbonyl (C=O) groups excluding carboxylic acids is 2. The van der Waals surface area contributed by atoms with E-state index in [0.29, 0.717) is 18.3 Å². The van der Waals surface area contributed by atoms with Crippen LogP contribution in [0, 0.1) is 0 Å². The first-order valence-corrected chi connectivity index (χ1v) is 7.11. The minimum absolute atomic E-state index is 0.0397. The van der Waals surface area contributed by atoms with Crippen molar-refractivity contribution in [3.05, 3.63) is 29.8 Å². The lowest BCUT2D eigenvalue weighted by molar-refractivity contribution is -0.121. The number of hydrogen-bond acceptors (Lipinski definition) is 3.